The molecule has 12 heavy (non-hydrogen) atoms. The summed E-state index contributed by atoms with van der Waals surface area (Å²) in [6.45, 7) is 0. The molecule has 0 aromatic heterocycles. The van der Waals surface area contributed by atoms with Crippen molar-refractivity contribution in [3.8, 4) is 0 Å². The molecule has 0 spiro atoms. The zero-order valence-corrected chi connectivity index (χ0v) is 6.60. The fourth-order valence-corrected chi connectivity index (χ4v) is 0.991. The van der Waals surface area contributed by atoms with Gasteiger partial charge in [-0.05, 0) is 12.1 Å². The lowest BCUT2D eigenvalue weighted by Crippen LogP contribution is -2.04. The first-order valence-electron chi connectivity index (χ1n) is 3.01. The first-order valence-corrected chi connectivity index (χ1v) is 3.38. The van der Waals surface area contributed by atoms with E-state index in [1.54, 1.807) is 0 Å². The molecule has 0 heterocycles. The van der Waals surface area contributed by atoms with Crippen molar-refractivity contribution in [2.24, 2.45) is 0 Å². The normalized spacial score (nSPS) is 9.83. The van der Waals surface area contributed by atoms with Crippen LogP contribution in [-0.2, 0) is 0 Å². The predicted molar refractivity (Wildman–Crippen MR) is 42.8 cm³/mol. The number of carbonyl (C=O) groups is 1. The van der Waals surface area contributed by atoms with Gasteiger partial charge in [0.05, 0.1) is 10.7 Å². The van der Waals surface area contributed by atoms with E-state index in [4.69, 9.17) is 22.4 Å². The van der Waals surface area contributed by atoms with E-state index in [-0.39, 0.29) is 10.7 Å². The van der Waals surface area contributed by atoms with Gasteiger partial charge < -0.3 is 10.8 Å². The van der Waals surface area contributed by atoms with Crippen LogP contribution in [0.5, 0.6) is 0 Å². The molecule has 5 heteroatoms. The Balaban J connectivity index is 3.43. The van der Waals surface area contributed by atoms with E-state index in [1.165, 1.54) is 12.1 Å². The molecular weight excluding hydrogens is 185 g/mol. The molecule has 64 valence electrons. The Morgan fingerprint density at radius 2 is 2.17 bits per heavy atom. The van der Waals surface area contributed by atoms with Crippen LogP contribution in [0.1, 0.15) is 10.4 Å². The fraction of sp³-hybridized carbons (Fsp3) is 0. The van der Waals surface area contributed by atoms with Gasteiger partial charge in [-0.3, -0.25) is 0 Å². The molecular formula is C7H5ClFNO2. The zero-order chi connectivity index (χ0) is 9.30. The van der Waals surface area contributed by atoms with E-state index >= 15 is 0 Å². The summed E-state index contributed by atoms with van der Waals surface area (Å²) in [5.74, 6) is -2.42. The second-order valence-corrected chi connectivity index (χ2v) is 2.54. The maximum atomic E-state index is 12.9. The quantitative estimate of drug-likeness (QED) is 0.662. The van der Waals surface area contributed by atoms with Gasteiger partial charge in [0.25, 0.3) is 0 Å². The number of halogens is 2. The van der Waals surface area contributed by atoms with Gasteiger partial charge in [0.2, 0.25) is 0 Å². The number of nitrogens with two attached hydrogens (primary N) is 1. The Hall–Kier alpha value is -1.29. The van der Waals surface area contributed by atoms with Crippen molar-refractivity contribution in [3.63, 3.8) is 0 Å². The van der Waals surface area contributed by atoms with E-state index in [1.807, 2.05) is 0 Å². The topological polar surface area (TPSA) is 63.3 Å². The maximum Gasteiger partial charge on any atom is 0.340 e. The number of carboxylic acid groups (broad SMARTS) is 1. The number of nitrogen functional groups attached to an aromatic ring is 1. The van der Waals surface area contributed by atoms with Gasteiger partial charge in [-0.1, -0.05) is 11.6 Å². The average Bonchev–Trinajstić information content (AvgIpc) is 1.97. The smallest absolute Gasteiger partial charge is 0.340 e. The van der Waals surface area contributed by atoms with Gasteiger partial charge in [0.1, 0.15) is 5.56 Å². The summed E-state index contributed by atoms with van der Waals surface area (Å²) < 4.78 is 12.9. The summed E-state index contributed by atoms with van der Waals surface area (Å²) in [5, 5.41) is 8.33. The highest BCUT2D eigenvalue weighted by Crippen LogP contribution is 2.23. The van der Waals surface area contributed by atoms with Crippen molar-refractivity contribution in [1.29, 1.82) is 0 Å². The lowest BCUT2D eigenvalue weighted by Gasteiger charge is -2.02. The third-order valence-corrected chi connectivity index (χ3v) is 1.65. The fourth-order valence-electron chi connectivity index (χ4n) is 0.765. The van der Waals surface area contributed by atoms with Crippen molar-refractivity contribution in [3.05, 3.63) is 28.5 Å². The van der Waals surface area contributed by atoms with Crippen LogP contribution in [0.2, 0.25) is 5.02 Å². The molecule has 0 radical (unpaired) electrons. The van der Waals surface area contributed by atoms with Gasteiger partial charge in [-0.15, -0.1) is 0 Å². The molecule has 0 fully saturated rings. The molecule has 0 aliphatic rings. The summed E-state index contributed by atoms with van der Waals surface area (Å²) >= 11 is 5.42. The molecule has 1 aromatic carbocycles. The monoisotopic (exact) mass is 189 g/mol. The minimum absolute atomic E-state index is 0.158. The number of rotatable bonds is 1. The van der Waals surface area contributed by atoms with E-state index < -0.39 is 17.3 Å². The van der Waals surface area contributed by atoms with Crippen molar-refractivity contribution in [2.45, 2.75) is 0 Å². The summed E-state index contributed by atoms with van der Waals surface area (Å²) in [7, 11) is 0. The molecule has 0 unspecified atom stereocenters. The largest absolute Gasteiger partial charge is 0.478 e. The molecule has 0 saturated heterocycles. The summed E-state index contributed by atoms with van der Waals surface area (Å²) in [5.41, 5.74) is 4.32. The Kier molecular flexibility index (Phi) is 2.19. The maximum absolute atomic E-state index is 12.9. The molecule has 0 bridgehead atoms. The number of hydrogen-bond donors (Lipinski definition) is 2. The number of anilines is 1. The Labute approximate surface area is 72.6 Å². The van der Waals surface area contributed by atoms with Crippen molar-refractivity contribution in [1.82, 2.24) is 0 Å². The van der Waals surface area contributed by atoms with Crippen LogP contribution in [0.15, 0.2) is 12.1 Å². The molecule has 1 rings (SSSR count). The van der Waals surface area contributed by atoms with E-state index in [0.29, 0.717) is 0 Å². The molecule has 3 N–H and O–H groups in total. The van der Waals surface area contributed by atoms with Crippen LogP contribution in [0, 0.1) is 5.82 Å². The van der Waals surface area contributed by atoms with Crippen molar-refractivity contribution >= 4 is 23.3 Å². The predicted octanol–water partition coefficient (Wildman–Crippen LogP) is 1.76. The molecule has 0 atom stereocenters. The summed E-state index contributed by atoms with van der Waals surface area (Å²) in [4.78, 5) is 10.4. The highest BCUT2D eigenvalue weighted by atomic mass is 35.5. The Morgan fingerprint density at radius 3 is 2.58 bits per heavy atom. The minimum Gasteiger partial charge on any atom is -0.478 e. The van der Waals surface area contributed by atoms with Crippen LogP contribution in [0.25, 0.3) is 0 Å². The lowest BCUT2D eigenvalue weighted by molar-refractivity contribution is 0.0692. The van der Waals surface area contributed by atoms with Gasteiger partial charge in [0, 0.05) is 0 Å². The van der Waals surface area contributed by atoms with Crippen LogP contribution < -0.4 is 5.73 Å². The number of hydrogen-bond acceptors (Lipinski definition) is 2. The summed E-state index contributed by atoms with van der Waals surface area (Å²) in [6.07, 6.45) is 0. The first kappa shape index (κ1) is 8.80. The second-order valence-electron chi connectivity index (χ2n) is 2.13. The Morgan fingerprint density at radius 1 is 1.58 bits per heavy atom. The van der Waals surface area contributed by atoms with E-state index in [2.05, 4.69) is 0 Å². The van der Waals surface area contributed by atoms with Crippen LogP contribution in [-0.4, -0.2) is 11.1 Å². The number of benzene rings is 1. The molecule has 1 aromatic rings. The van der Waals surface area contributed by atoms with Crippen molar-refractivity contribution in [2.75, 3.05) is 5.73 Å². The standard InChI is InChI=1S/C7H5ClFNO2/c8-3-1-2-4(10)6(9)5(3)7(11)12/h1-2H,10H2,(H,11,12). The van der Waals surface area contributed by atoms with E-state index in [0.717, 1.165) is 0 Å². The lowest BCUT2D eigenvalue weighted by atomic mass is 10.2. The van der Waals surface area contributed by atoms with Gasteiger partial charge in [0.15, 0.2) is 5.82 Å². The third kappa shape index (κ3) is 1.33. The minimum atomic E-state index is -1.43. The molecule has 0 saturated carbocycles. The van der Waals surface area contributed by atoms with Gasteiger partial charge in [-0.2, -0.15) is 0 Å². The molecule has 0 amide bonds. The van der Waals surface area contributed by atoms with Crippen LogP contribution >= 0.6 is 11.6 Å². The van der Waals surface area contributed by atoms with E-state index in [9.17, 15) is 9.18 Å². The molecule has 3 nitrogen and oxygen atoms in total. The summed E-state index contributed by atoms with van der Waals surface area (Å²) in [6, 6.07) is 2.45. The molecule has 0 aliphatic carbocycles. The van der Waals surface area contributed by atoms with Crippen LogP contribution in [0.4, 0.5) is 10.1 Å². The number of aromatic carboxylic acids is 1. The van der Waals surface area contributed by atoms with Crippen molar-refractivity contribution < 1.29 is 14.3 Å². The molecule has 0 aliphatic heterocycles. The third-order valence-electron chi connectivity index (χ3n) is 1.33. The average molecular weight is 190 g/mol. The Bertz CT molecular complexity index is 340. The first-order chi connectivity index (χ1) is 5.54. The number of carboxylic acids is 1. The second kappa shape index (κ2) is 2.98. The van der Waals surface area contributed by atoms with Gasteiger partial charge >= 0.3 is 5.97 Å². The zero-order valence-electron chi connectivity index (χ0n) is 5.84. The highest BCUT2D eigenvalue weighted by molar-refractivity contribution is 6.33. The highest BCUT2D eigenvalue weighted by Gasteiger charge is 2.16. The van der Waals surface area contributed by atoms with Crippen LogP contribution in [0.3, 0.4) is 0 Å². The van der Waals surface area contributed by atoms with Gasteiger partial charge in [-0.25, -0.2) is 9.18 Å². The SMILES string of the molecule is Nc1ccc(Cl)c(C(=O)O)c1F.